The molecule has 0 bridgehead atoms. The Morgan fingerprint density at radius 2 is 0.956 bits per heavy atom. The van der Waals surface area contributed by atoms with Gasteiger partial charge in [-0.3, -0.25) is 0 Å². The summed E-state index contributed by atoms with van der Waals surface area (Å²) in [5, 5.41) is 28.8. The second-order valence-corrected chi connectivity index (χ2v) is 10.3. The fraction of sp³-hybridized carbons (Fsp3) is 0.167. The van der Waals surface area contributed by atoms with Crippen molar-refractivity contribution in [1.29, 1.82) is 0 Å². The van der Waals surface area contributed by atoms with Crippen LogP contribution >= 0.6 is 0 Å². The lowest BCUT2D eigenvalue weighted by Crippen LogP contribution is -2.13. The Bertz CT molecular complexity index is 1760. The summed E-state index contributed by atoms with van der Waals surface area (Å²) in [5.74, 6) is 1.78. The maximum absolute atomic E-state index is 10.1. The molecule has 0 amide bonds. The van der Waals surface area contributed by atoms with E-state index in [-0.39, 0.29) is 11.5 Å². The molecule has 9 heteroatoms. The number of fused-ring (bicyclic) bond motifs is 2. The Morgan fingerprint density at radius 1 is 0.489 bits per heavy atom. The number of nitrogens with one attached hydrogen (secondary N) is 2. The normalized spacial score (nSPS) is 11.0. The number of phenolic OH excluding ortho intramolecular Hbond substituents is 2. The SMILES string of the molecule is Oc1cccc2ccc(CNc3ccccc3OCCOCCOc3ccccc3NCc3ccc4cccc(O)c4n3)nc12. The highest BCUT2D eigenvalue weighted by Crippen LogP contribution is 2.27. The van der Waals surface area contributed by atoms with Crippen LogP contribution in [0.5, 0.6) is 23.0 Å². The Hall–Kier alpha value is -5.54. The van der Waals surface area contributed by atoms with Gasteiger partial charge in [0.1, 0.15) is 47.2 Å². The molecule has 0 aliphatic rings. The molecule has 0 saturated carbocycles. The van der Waals surface area contributed by atoms with Crippen LogP contribution in [0.4, 0.5) is 11.4 Å². The minimum atomic E-state index is 0.168. The van der Waals surface area contributed by atoms with Gasteiger partial charge in [0.05, 0.1) is 49.1 Å². The maximum Gasteiger partial charge on any atom is 0.142 e. The number of hydrogen-bond acceptors (Lipinski definition) is 9. The Labute approximate surface area is 261 Å². The van der Waals surface area contributed by atoms with Crippen molar-refractivity contribution >= 4 is 33.2 Å². The Morgan fingerprint density at radius 3 is 1.44 bits per heavy atom. The van der Waals surface area contributed by atoms with Gasteiger partial charge in [-0.25, -0.2) is 9.97 Å². The molecule has 0 unspecified atom stereocenters. The average molecular weight is 603 g/mol. The number of phenols is 2. The first kappa shape index (κ1) is 29.5. The quantitative estimate of drug-likeness (QED) is 0.0988. The van der Waals surface area contributed by atoms with E-state index >= 15 is 0 Å². The molecule has 6 aromatic rings. The van der Waals surface area contributed by atoms with Gasteiger partial charge in [0.2, 0.25) is 0 Å². The molecule has 45 heavy (non-hydrogen) atoms. The zero-order valence-electron chi connectivity index (χ0n) is 24.6. The summed E-state index contributed by atoms with van der Waals surface area (Å²) in [7, 11) is 0. The molecule has 0 atom stereocenters. The first-order valence-electron chi connectivity index (χ1n) is 14.8. The summed E-state index contributed by atoms with van der Waals surface area (Å²) >= 11 is 0. The predicted molar refractivity (Wildman–Crippen MR) is 176 cm³/mol. The van der Waals surface area contributed by atoms with Crippen molar-refractivity contribution in [2.75, 3.05) is 37.1 Å². The standard InChI is InChI=1S/C36H34N4O5/c41-31-11-5-7-25-15-17-27(39-35(25)31)23-37-29-9-1-3-13-33(29)44-21-19-43-20-22-45-34-14-4-2-10-30(34)38-24-28-18-16-26-8-6-12-32(42)36(26)40-28/h1-18,37-38,41-42H,19-24H2. The molecule has 6 rings (SSSR count). The van der Waals surface area contributed by atoms with E-state index in [0.29, 0.717) is 50.6 Å². The summed E-state index contributed by atoms with van der Waals surface area (Å²) in [6.07, 6.45) is 0. The van der Waals surface area contributed by atoms with Crippen molar-refractivity contribution in [3.05, 3.63) is 121 Å². The van der Waals surface area contributed by atoms with Crippen LogP contribution in [-0.2, 0) is 17.8 Å². The molecule has 0 fully saturated rings. The van der Waals surface area contributed by atoms with Crippen molar-refractivity contribution in [2.24, 2.45) is 0 Å². The van der Waals surface area contributed by atoms with Crippen LogP contribution in [-0.4, -0.2) is 46.6 Å². The minimum Gasteiger partial charge on any atom is -0.506 e. The number of anilines is 2. The second-order valence-electron chi connectivity index (χ2n) is 10.3. The molecule has 9 nitrogen and oxygen atoms in total. The summed E-state index contributed by atoms with van der Waals surface area (Å²) in [6.45, 7) is 2.54. The third-order valence-electron chi connectivity index (χ3n) is 7.18. The molecular formula is C36H34N4O5. The van der Waals surface area contributed by atoms with Crippen molar-refractivity contribution in [3.8, 4) is 23.0 Å². The highest BCUT2D eigenvalue weighted by atomic mass is 16.5. The van der Waals surface area contributed by atoms with Gasteiger partial charge in [0, 0.05) is 10.8 Å². The molecule has 0 spiro atoms. The number of aromatic hydroxyl groups is 2. The van der Waals surface area contributed by atoms with E-state index in [1.165, 1.54) is 0 Å². The van der Waals surface area contributed by atoms with E-state index in [4.69, 9.17) is 14.2 Å². The molecule has 4 N–H and O–H groups in total. The fourth-order valence-corrected chi connectivity index (χ4v) is 4.91. The predicted octanol–water partition coefficient (Wildman–Crippen LogP) is 6.89. The Balaban J connectivity index is 0.933. The van der Waals surface area contributed by atoms with E-state index < -0.39 is 0 Å². The average Bonchev–Trinajstić information content (AvgIpc) is 3.07. The van der Waals surface area contributed by atoms with Crippen molar-refractivity contribution < 1.29 is 24.4 Å². The summed E-state index contributed by atoms with van der Waals surface area (Å²) < 4.78 is 17.7. The lowest BCUT2D eigenvalue weighted by molar-refractivity contribution is 0.0767. The van der Waals surface area contributed by atoms with E-state index in [0.717, 1.165) is 45.0 Å². The van der Waals surface area contributed by atoms with E-state index in [9.17, 15) is 10.2 Å². The zero-order chi connectivity index (χ0) is 30.8. The van der Waals surface area contributed by atoms with Crippen molar-refractivity contribution in [2.45, 2.75) is 13.1 Å². The number of para-hydroxylation sites is 6. The van der Waals surface area contributed by atoms with Gasteiger partial charge < -0.3 is 35.1 Å². The second kappa shape index (κ2) is 14.3. The van der Waals surface area contributed by atoms with E-state index in [1.807, 2.05) is 84.9 Å². The number of nitrogens with zero attached hydrogens (tertiary/aromatic N) is 2. The third kappa shape index (κ3) is 7.52. The highest BCUT2D eigenvalue weighted by Gasteiger charge is 2.08. The van der Waals surface area contributed by atoms with Gasteiger partial charge in [-0.15, -0.1) is 0 Å². The minimum absolute atomic E-state index is 0.168. The monoisotopic (exact) mass is 602 g/mol. The summed E-state index contributed by atoms with van der Waals surface area (Å²) in [6, 6.07) is 34.0. The van der Waals surface area contributed by atoms with Gasteiger partial charge >= 0.3 is 0 Å². The largest absolute Gasteiger partial charge is 0.506 e. The first-order valence-corrected chi connectivity index (χ1v) is 14.8. The number of pyridine rings is 2. The molecule has 0 saturated heterocycles. The van der Waals surface area contributed by atoms with Gasteiger partial charge in [-0.05, 0) is 48.5 Å². The van der Waals surface area contributed by atoms with Crippen LogP contribution in [0.25, 0.3) is 21.8 Å². The summed E-state index contributed by atoms with van der Waals surface area (Å²) in [4.78, 5) is 9.17. The number of ether oxygens (including phenoxy) is 3. The van der Waals surface area contributed by atoms with Gasteiger partial charge in [-0.2, -0.15) is 0 Å². The van der Waals surface area contributed by atoms with Crippen molar-refractivity contribution in [1.82, 2.24) is 9.97 Å². The number of hydrogen-bond donors (Lipinski definition) is 4. The van der Waals surface area contributed by atoms with Crippen LogP contribution < -0.4 is 20.1 Å². The summed E-state index contributed by atoms with van der Waals surface area (Å²) in [5.41, 5.74) is 4.48. The third-order valence-corrected chi connectivity index (χ3v) is 7.18. The Kier molecular flexibility index (Phi) is 9.38. The molecule has 2 aromatic heterocycles. The van der Waals surface area contributed by atoms with Crippen LogP contribution in [0, 0.1) is 0 Å². The molecule has 0 radical (unpaired) electrons. The highest BCUT2D eigenvalue weighted by molar-refractivity contribution is 5.85. The van der Waals surface area contributed by atoms with E-state index in [2.05, 4.69) is 20.6 Å². The maximum atomic E-state index is 10.1. The fourth-order valence-electron chi connectivity index (χ4n) is 4.91. The van der Waals surface area contributed by atoms with Gasteiger partial charge in [0.25, 0.3) is 0 Å². The van der Waals surface area contributed by atoms with E-state index in [1.54, 1.807) is 24.3 Å². The first-order chi connectivity index (χ1) is 22.1. The number of rotatable bonds is 14. The van der Waals surface area contributed by atoms with Crippen molar-refractivity contribution in [3.63, 3.8) is 0 Å². The van der Waals surface area contributed by atoms with Gasteiger partial charge in [-0.1, -0.05) is 60.7 Å². The van der Waals surface area contributed by atoms with Crippen LogP contribution in [0.3, 0.4) is 0 Å². The lowest BCUT2D eigenvalue weighted by atomic mass is 10.2. The molecule has 228 valence electrons. The number of aromatic nitrogens is 2. The molecule has 2 heterocycles. The number of benzene rings is 4. The lowest BCUT2D eigenvalue weighted by Gasteiger charge is -2.15. The molecule has 4 aromatic carbocycles. The van der Waals surface area contributed by atoms with Crippen LogP contribution in [0.2, 0.25) is 0 Å². The topological polar surface area (TPSA) is 118 Å². The van der Waals surface area contributed by atoms with Crippen LogP contribution in [0.1, 0.15) is 11.4 Å². The van der Waals surface area contributed by atoms with Crippen LogP contribution in [0.15, 0.2) is 109 Å². The molecular weight excluding hydrogens is 568 g/mol. The van der Waals surface area contributed by atoms with Gasteiger partial charge in [0.15, 0.2) is 0 Å². The molecule has 0 aliphatic carbocycles. The smallest absolute Gasteiger partial charge is 0.142 e. The zero-order valence-corrected chi connectivity index (χ0v) is 24.6. The molecule has 0 aliphatic heterocycles.